The molecule has 1 aliphatic heterocycles. The first kappa shape index (κ1) is 12.4. The quantitative estimate of drug-likeness (QED) is 0.880. The molecule has 1 unspecified atom stereocenters. The van der Waals surface area contributed by atoms with E-state index in [-0.39, 0.29) is 18.9 Å². The normalized spacial score (nSPS) is 19.1. The molecule has 5 heteroatoms. The van der Waals surface area contributed by atoms with Crippen LogP contribution in [-0.2, 0) is 9.59 Å². The lowest BCUT2D eigenvalue weighted by atomic mass is 10.1. The number of hydrogen-bond acceptors (Lipinski definition) is 3. The first-order valence-corrected chi connectivity index (χ1v) is 5.71. The Morgan fingerprint density at radius 1 is 1.50 bits per heavy atom. The highest BCUT2D eigenvalue weighted by molar-refractivity contribution is 6.00. The predicted molar refractivity (Wildman–Crippen MR) is 65.8 cm³/mol. The summed E-state index contributed by atoms with van der Waals surface area (Å²) in [6, 6.07) is 5.48. The lowest BCUT2D eigenvalue weighted by Gasteiger charge is -2.21. The number of hydrogen-bond donors (Lipinski definition) is 1. The van der Waals surface area contributed by atoms with Gasteiger partial charge >= 0.3 is 5.97 Å². The summed E-state index contributed by atoms with van der Waals surface area (Å²) in [4.78, 5) is 24.4. The molecular weight excluding hydrogens is 234 g/mol. The minimum absolute atomic E-state index is 0.0484. The maximum Gasteiger partial charge on any atom is 0.308 e. The second-order valence-corrected chi connectivity index (χ2v) is 4.37. The van der Waals surface area contributed by atoms with Crippen LogP contribution in [0.2, 0.25) is 0 Å². The summed E-state index contributed by atoms with van der Waals surface area (Å²) in [5.74, 6) is -1.15. The number of carboxylic acids is 1. The second-order valence-electron chi connectivity index (χ2n) is 4.37. The van der Waals surface area contributed by atoms with E-state index in [9.17, 15) is 9.59 Å². The highest BCUT2D eigenvalue weighted by atomic mass is 16.5. The second kappa shape index (κ2) is 4.68. The molecule has 1 atom stereocenters. The van der Waals surface area contributed by atoms with Gasteiger partial charge in [0.05, 0.1) is 18.7 Å². The molecule has 1 aliphatic rings. The van der Waals surface area contributed by atoms with Crippen LogP contribution in [0.1, 0.15) is 12.0 Å². The van der Waals surface area contributed by atoms with E-state index in [4.69, 9.17) is 9.84 Å². The van der Waals surface area contributed by atoms with E-state index in [1.165, 1.54) is 12.0 Å². The van der Waals surface area contributed by atoms with E-state index in [1.807, 2.05) is 19.1 Å². The molecule has 0 aliphatic carbocycles. The van der Waals surface area contributed by atoms with E-state index in [1.54, 1.807) is 6.07 Å². The van der Waals surface area contributed by atoms with Crippen LogP contribution in [0.5, 0.6) is 5.75 Å². The van der Waals surface area contributed by atoms with Crippen molar-refractivity contribution in [1.29, 1.82) is 0 Å². The average molecular weight is 249 g/mol. The number of methoxy groups -OCH3 is 1. The topological polar surface area (TPSA) is 66.8 Å². The van der Waals surface area contributed by atoms with Crippen LogP contribution in [0.15, 0.2) is 18.2 Å². The number of benzene rings is 1. The number of amides is 1. The lowest BCUT2D eigenvalue weighted by molar-refractivity contribution is -0.141. The molecule has 96 valence electrons. The summed E-state index contributed by atoms with van der Waals surface area (Å²) in [6.07, 6.45) is 0.0484. The van der Waals surface area contributed by atoms with E-state index < -0.39 is 11.9 Å². The Hall–Kier alpha value is -2.04. The van der Waals surface area contributed by atoms with Crippen LogP contribution in [0, 0.1) is 12.8 Å². The van der Waals surface area contributed by atoms with Gasteiger partial charge in [-0.2, -0.15) is 0 Å². The molecule has 0 aromatic heterocycles. The van der Waals surface area contributed by atoms with Crippen molar-refractivity contribution in [1.82, 2.24) is 0 Å². The Bertz CT molecular complexity index is 498. The predicted octanol–water partition coefficient (Wildman–Crippen LogP) is 1.44. The smallest absolute Gasteiger partial charge is 0.308 e. The van der Waals surface area contributed by atoms with Crippen molar-refractivity contribution in [2.45, 2.75) is 13.3 Å². The standard InChI is InChI=1S/C13H15NO4/c1-8-4-3-5-10(18-2)12(8)14-7-9(13(16)17)6-11(14)15/h3-5,9H,6-7H2,1-2H3,(H,16,17). The summed E-state index contributed by atoms with van der Waals surface area (Å²) in [5.41, 5.74) is 1.57. The van der Waals surface area contributed by atoms with Crippen molar-refractivity contribution in [2.75, 3.05) is 18.6 Å². The van der Waals surface area contributed by atoms with Gasteiger partial charge in [0.2, 0.25) is 5.91 Å². The van der Waals surface area contributed by atoms with Crippen LogP contribution in [0.4, 0.5) is 5.69 Å². The monoisotopic (exact) mass is 249 g/mol. The molecule has 1 heterocycles. The Kier molecular flexibility index (Phi) is 3.23. The van der Waals surface area contributed by atoms with Crippen LogP contribution in [0.25, 0.3) is 0 Å². The van der Waals surface area contributed by atoms with Gasteiger partial charge in [-0.25, -0.2) is 0 Å². The van der Waals surface area contributed by atoms with E-state index in [2.05, 4.69) is 0 Å². The average Bonchev–Trinajstić information content (AvgIpc) is 2.71. The lowest BCUT2D eigenvalue weighted by Crippen LogP contribution is -2.27. The summed E-state index contributed by atoms with van der Waals surface area (Å²) in [7, 11) is 1.54. The Labute approximate surface area is 105 Å². The number of aliphatic carboxylic acids is 1. The van der Waals surface area contributed by atoms with Gasteiger partial charge in [0.25, 0.3) is 0 Å². The van der Waals surface area contributed by atoms with Crippen LogP contribution in [0.3, 0.4) is 0 Å². The number of para-hydroxylation sites is 1. The molecular formula is C13H15NO4. The molecule has 1 amide bonds. The van der Waals surface area contributed by atoms with Gasteiger partial charge in [-0.05, 0) is 18.6 Å². The first-order chi connectivity index (χ1) is 8.54. The number of carboxylic acid groups (broad SMARTS) is 1. The van der Waals surface area contributed by atoms with Crippen molar-refractivity contribution < 1.29 is 19.4 Å². The maximum absolute atomic E-state index is 11.9. The van der Waals surface area contributed by atoms with Crippen molar-refractivity contribution in [3.8, 4) is 5.75 Å². The zero-order valence-corrected chi connectivity index (χ0v) is 10.3. The number of nitrogens with zero attached hydrogens (tertiary/aromatic N) is 1. The highest BCUT2D eigenvalue weighted by Crippen LogP contribution is 2.35. The van der Waals surface area contributed by atoms with E-state index >= 15 is 0 Å². The zero-order chi connectivity index (χ0) is 13.3. The molecule has 1 saturated heterocycles. The third-order valence-corrected chi connectivity index (χ3v) is 3.16. The molecule has 2 rings (SSSR count). The fourth-order valence-electron chi connectivity index (χ4n) is 2.23. The number of aryl methyl sites for hydroxylation is 1. The van der Waals surface area contributed by atoms with Crippen molar-refractivity contribution in [2.24, 2.45) is 5.92 Å². The molecule has 0 radical (unpaired) electrons. The van der Waals surface area contributed by atoms with E-state index in [0.717, 1.165) is 5.56 Å². The third-order valence-electron chi connectivity index (χ3n) is 3.16. The number of anilines is 1. The van der Waals surface area contributed by atoms with Gasteiger partial charge in [-0.3, -0.25) is 9.59 Å². The first-order valence-electron chi connectivity index (χ1n) is 5.71. The van der Waals surface area contributed by atoms with Crippen molar-refractivity contribution in [3.05, 3.63) is 23.8 Å². The minimum atomic E-state index is -0.932. The Morgan fingerprint density at radius 3 is 2.78 bits per heavy atom. The largest absolute Gasteiger partial charge is 0.495 e. The Morgan fingerprint density at radius 2 is 2.22 bits per heavy atom. The molecule has 0 saturated carbocycles. The summed E-state index contributed by atoms with van der Waals surface area (Å²) in [6.45, 7) is 2.08. The maximum atomic E-state index is 11.9. The van der Waals surface area contributed by atoms with Gasteiger partial charge < -0.3 is 14.7 Å². The van der Waals surface area contributed by atoms with Gasteiger partial charge in [-0.1, -0.05) is 12.1 Å². The SMILES string of the molecule is COc1cccc(C)c1N1CC(C(=O)O)CC1=O. The fraction of sp³-hybridized carbons (Fsp3) is 0.385. The molecule has 1 aromatic carbocycles. The summed E-state index contributed by atoms with van der Waals surface area (Å²) < 4.78 is 5.24. The minimum Gasteiger partial charge on any atom is -0.495 e. The number of carbonyl (C=O) groups excluding carboxylic acids is 1. The van der Waals surface area contributed by atoms with E-state index in [0.29, 0.717) is 11.4 Å². The van der Waals surface area contributed by atoms with Gasteiger partial charge in [0.15, 0.2) is 0 Å². The van der Waals surface area contributed by atoms with Crippen molar-refractivity contribution in [3.63, 3.8) is 0 Å². The number of ether oxygens (including phenoxy) is 1. The van der Waals surface area contributed by atoms with Gasteiger partial charge in [0, 0.05) is 13.0 Å². The molecule has 1 N–H and O–H groups in total. The molecule has 0 bridgehead atoms. The molecule has 5 nitrogen and oxygen atoms in total. The summed E-state index contributed by atoms with van der Waals surface area (Å²) in [5, 5.41) is 8.98. The van der Waals surface area contributed by atoms with Crippen LogP contribution in [-0.4, -0.2) is 30.6 Å². The molecule has 18 heavy (non-hydrogen) atoms. The molecule has 0 spiro atoms. The number of carbonyl (C=O) groups is 2. The molecule has 1 fully saturated rings. The zero-order valence-electron chi connectivity index (χ0n) is 10.3. The Balaban J connectivity index is 2.38. The fourth-order valence-corrected chi connectivity index (χ4v) is 2.23. The van der Waals surface area contributed by atoms with Crippen LogP contribution >= 0.6 is 0 Å². The third kappa shape index (κ3) is 2.03. The van der Waals surface area contributed by atoms with Crippen molar-refractivity contribution >= 4 is 17.6 Å². The molecule has 1 aromatic rings. The summed E-state index contributed by atoms with van der Waals surface area (Å²) >= 11 is 0. The van der Waals surface area contributed by atoms with Crippen LogP contribution < -0.4 is 9.64 Å². The van der Waals surface area contributed by atoms with Gasteiger partial charge in [0.1, 0.15) is 5.75 Å². The number of rotatable bonds is 3. The highest BCUT2D eigenvalue weighted by Gasteiger charge is 2.36. The van der Waals surface area contributed by atoms with Gasteiger partial charge in [-0.15, -0.1) is 0 Å².